The first-order chi connectivity index (χ1) is 12.4. The highest BCUT2D eigenvalue weighted by molar-refractivity contribution is 5.28. The molecule has 130 valence electrons. The first-order valence-electron chi connectivity index (χ1n) is 11.7. The zero-order valence-electron chi connectivity index (χ0n) is 15.1. The van der Waals surface area contributed by atoms with Crippen LogP contribution in [-0.2, 0) is 0 Å². The zero-order valence-corrected chi connectivity index (χ0v) is 15.1. The molecular weight excluding hydrogens is 300 g/mol. The van der Waals surface area contributed by atoms with Crippen LogP contribution in [0.5, 0.6) is 0 Å². The molecule has 8 bridgehead atoms. The van der Waals surface area contributed by atoms with Crippen molar-refractivity contribution in [3.63, 3.8) is 0 Å². The maximum atomic E-state index is 2.66. The molecule has 0 aromatic carbocycles. The summed E-state index contributed by atoms with van der Waals surface area (Å²) in [6.45, 7) is 0. The molecule has 7 fully saturated rings. The molecular formula is C25H30. The van der Waals surface area contributed by atoms with E-state index in [2.05, 4.69) is 24.3 Å². The highest BCUT2D eigenvalue weighted by atomic mass is 14.8. The SMILES string of the molecule is C1=CC2CC1C1CC3C4CC(C3C21)C1C2CC(C3C5C=CC(C5)C23)C41. The van der Waals surface area contributed by atoms with Gasteiger partial charge in [-0.25, -0.2) is 0 Å². The number of hydrogen-bond acceptors (Lipinski definition) is 0. The maximum Gasteiger partial charge on any atom is -0.0194 e. The molecule has 9 aliphatic rings. The molecule has 0 heteroatoms. The topological polar surface area (TPSA) is 0 Å². The Labute approximate surface area is 151 Å². The van der Waals surface area contributed by atoms with Crippen molar-refractivity contribution in [3.05, 3.63) is 24.3 Å². The predicted molar refractivity (Wildman–Crippen MR) is 97.2 cm³/mol. The lowest BCUT2D eigenvalue weighted by atomic mass is 9.56. The van der Waals surface area contributed by atoms with Gasteiger partial charge in [0, 0.05) is 0 Å². The van der Waals surface area contributed by atoms with Crippen molar-refractivity contribution in [3.8, 4) is 0 Å². The summed E-state index contributed by atoms with van der Waals surface area (Å²) in [5, 5.41) is 0. The lowest BCUT2D eigenvalue weighted by Crippen LogP contribution is -2.44. The summed E-state index contributed by atoms with van der Waals surface area (Å²) < 4.78 is 0. The van der Waals surface area contributed by atoms with Crippen LogP contribution in [0.15, 0.2) is 24.3 Å². The van der Waals surface area contributed by atoms with E-state index in [0.29, 0.717) is 0 Å². The van der Waals surface area contributed by atoms with Crippen LogP contribution in [0.2, 0.25) is 0 Å². The summed E-state index contributed by atoms with van der Waals surface area (Å²) >= 11 is 0. The minimum Gasteiger partial charge on any atom is -0.0848 e. The Kier molecular flexibility index (Phi) is 1.90. The molecule has 0 radical (unpaired) electrons. The van der Waals surface area contributed by atoms with Crippen molar-refractivity contribution >= 4 is 0 Å². The normalized spacial score (nSPS) is 76.5. The van der Waals surface area contributed by atoms with Gasteiger partial charge in [0.15, 0.2) is 0 Å². The first-order valence-corrected chi connectivity index (χ1v) is 11.7. The second kappa shape index (κ2) is 3.72. The Morgan fingerprint density at radius 3 is 1.44 bits per heavy atom. The number of fused-ring (bicyclic) bond motifs is 25. The highest BCUT2D eigenvalue weighted by Gasteiger charge is 2.75. The minimum atomic E-state index is 1.01. The van der Waals surface area contributed by atoms with E-state index in [1.807, 2.05) is 0 Å². The maximum absolute atomic E-state index is 2.66. The standard InChI is InChI=1S/C25H30/c1-2-11-5-10(1)14-7-15-16-8-19(23(15)20(11)14)25-18-9-17(24(16)25)21-12-3-4-13(6-12)22(18)21/h1-4,10-25H,5-9H2. The van der Waals surface area contributed by atoms with E-state index in [9.17, 15) is 0 Å². The first kappa shape index (κ1) is 12.8. The van der Waals surface area contributed by atoms with Gasteiger partial charge in [-0.3, -0.25) is 0 Å². The predicted octanol–water partition coefficient (Wildman–Crippen LogP) is 5.03. The van der Waals surface area contributed by atoms with Gasteiger partial charge in [-0.1, -0.05) is 24.3 Å². The van der Waals surface area contributed by atoms with E-state index >= 15 is 0 Å². The Bertz CT molecular complexity index is 745. The van der Waals surface area contributed by atoms with Crippen LogP contribution in [0.1, 0.15) is 32.1 Å². The average Bonchev–Trinajstić information content (AvgIpc) is 3.48. The van der Waals surface area contributed by atoms with E-state index in [4.69, 9.17) is 0 Å². The largest absolute Gasteiger partial charge is 0.0848 e. The van der Waals surface area contributed by atoms with Crippen LogP contribution in [0.4, 0.5) is 0 Å². The third-order valence-corrected chi connectivity index (χ3v) is 12.3. The molecule has 0 aromatic rings. The molecule has 0 spiro atoms. The molecule has 0 N–H and O–H groups in total. The summed E-state index contributed by atoms with van der Waals surface area (Å²) in [5.74, 6) is 18.1. The molecule has 0 nitrogen and oxygen atoms in total. The van der Waals surface area contributed by atoms with Gasteiger partial charge < -0.3 is 0 Å². The highest BCUT2D eigenvalue weighted by Crippen LogP contribution is 2.80. The van der Waals surface area contributed by atoms with Crippen molar-refractivity contribution in [2.75, 3.05) is 0 Å². The van der Waals surface area contributed by atoms with Crippen LogP contribution < -0.4 is 0 Å². The monoisotopic (exact) mass is 330 g/mol. The molecule has 0 saturated heterocycles. The lowest BCUT2D eigenvalue weighted by Gasteiger charge is -2.48. The summed E-state index contributed by atoms with van der Waals surface area (Å²) in [6, 6.07) is 0. The molecule has 9 rings (SSSR count). The van der Waals surface area contributed by atoms with Gasteiger partial charge in [0.2, 0.25) is 0 Å². The molecule has 0 aliphatic heterocycles. The minimum absolute atomic E-state index is 1.01. The van der Waals surface area contributed by atoms with Gasteiger partial charge in [-0.05, 0) is 127 Å². The smallest absolute Gasteiger partial charge is 0.0194 e. The third kappa shape index (κ3) is 1.14. The van der Waals surface area contributed by atoms with Gasteiger partial charge >= 0.3 is 0 Å². The second-order valence-corrected chi connectivity index (χ2v) is 12.1. The van der Waals surface area contributed by atoms with Gasteiger partial charge in [0.1, 0.15) is 0 Å². The van der Waals surface area contributed by atoms with Gasteiger partial charge in [0.25, 0.3) is 0 Å². The van der Waals surface area contributed by atoms with Gasteiger partial charge in [-0.15, -0.1) is 0 Å². The second-order valence-electron chi connectivity index (χ2n) is 12.1. The Morgan fingerprint density at radius 1 is 0.320 bits per heavy atom. The molecule has 25 heavy (non-hydrogen) atoms. The van der Waals surface area contributed by atoms with E-state index < -0.39 is 0 Å². The Morgan fingerprint density at radius 2 is 0.720 bits per heavy atom. The van der Waals surface area contributed by atoms with Crippen LogP contribution in [0, 0.1) is 94.7 Å². The molecule has 0 heterocycles. The van der Waals surface area contributed by atoms with Crippen LogP contribution >= 0.6 is 0 Å². The van der Waals surface area contributed by atoms with Gasteiger partial charge in [0.05, 0.1) is 0 Å². The molecule has 9 aliphatic carbocycles. The zero-order chi connectivity index (χ0) is 15.6. The van der Waals surface area contributed by atoms with E-state index in [1.54, 1.807) is 32.1 Å². The summed E-state index contributed by atoms with van der Waals surface area (Å²) in [6.07, 6.45) is 18.7. The average molecular weight is 331 g/mol. The number of hydrogen-bond donors (Lipinski definition) is 0. The molecule has 7 saturated carbocycles. The summed E-state index contributed by atoms with van der Waals surface area (Å²) in [5.41, 5.74) is 0. The molecule has 16 atom stereocenters. The van der Waals surface area contributed by atoms with E-state index in [1.165, 1.54) is 47.3 Å². The van der Waals surface area contributed by atoms with Crippen molar-refractivity contribution < 1.29 is 0 Å². The van der Waals surface area contributed by atoms with Crippen LogP contribution in [0.3, 0.4) is 0 Å². The van der Waals surface area contributed by atoms with Crippen molar-refractivity contribution in [1.82, 2.24) is 0 Å². The molecule has 0 aromatic heterocycles. The number of allylic oxidation sites excluding steroid dienone is 4. The number of rotatable bonds is 0. The van der Waals surface area contributed by atoms with Gasteiger partial charge in [-0.2, -0.15) is 0 Å². The van der Waals surface area contributed by atoms with E-state index in [-0.39, 0.29) is 0 Å². The fraction of sp³-hybridized carbons (Fsp3) is 0.840. The Hall–Kier alpha value is -0.520. The fourth-order valence-corrected chi connectivity index (χ4v) is 12.5. The van der Waals surface area contributed by atoms with Crippen molar-refractivity contribution in [2.24, 2.45) is 94.7 Å². The lowest BCUT2D eigenvalue weighted by molar-refractivity contribution is -0.00269. The molecule has 16 unspecified atom stereocenters. The van der Waals surface area contributed by atoms with E-state index in [0.717, 1.165) is 47.3 Å². The summed E-state index contributed by atoms with van der Waals surface area (Å²) in [4.78, 5) is 0. The van der Waals surface area contributed by atoms with Crippen molar-refractivity contribution in [1.29, 1.82) is 0 Å². The summed E-state index contributed by atoms with van der Waals surface area (Å²) in [7, 11) is 0. The third-order valence-electron chi connectivity index (χ3n) is 12.3. The van der Waals surface area contributed by atoms with Crippen LogP contribution in [-0.4, -0.2) is 0 Å². The molecule has 0 amide bonds. The van der Waals surface area contributed by atoms with Crippen LogP contribution in [0.25, 0.3) is 0 Å². The fourth-order valence-electron chi connectivity index (χ4n) is 12.5. The quantitative estimate of drug-likeness (QED) is 0.431. The Balaban J connectivity index is 1.15. The van der Waals surface area contributed by atoms with Crippen molar-refractivity contribution in [2.45, 2.75) is 32.1 Å².